The van der Waals surface area contributed by atoms with Gasteiger partial charge in [-0.2, -0.15) is 5.10 Å². The summed E-state index contributed by atoms with van der Waals surface area (Å²) in [5, 5.41) is 4.47. The van der Waals surface area contributed by atoms with E-state index in [0.29, 0.717) is 6.42 Å². The molecule has 2 aromatic heterocycles. The molecule has 1 aliphatic heterocycles. The van der Waals surface area contributed by atoms with Crippen LogP contribution >= 0.6 is 0 Å². The Bertz CT molecular complexity index is 727. The van der Waals surface area contributed by atoms with Gasteiger partial charge in [0.2, 0.25) is 11.8 Å². The minimum Gasteiger partial charge on any atom is -0.481 e. The molecule has 3 heterocycles. The van der Waals surface area contributed by atoms with Gasteiger partial charge >= 0.3 is 0 Å². The highest BCUT2D eigenvalue weighted by atomic mass is 16.5. The van der Waals surface area contributed by atoms with Gasteiger partial charge < -0.3 is 9.64 Å². The maximum atomic E-state index is 12.8. The Kier molecular flexibility index (Phi) is 5.36. The van der Waals surface area contributed by atoms with Crippen LogP contribution in [0.3, 0.4) is 0 Å². The van der Waals surface area contributed by atoms with Crippen LogP contribution < -0.4 is 4.74 Å². The number of likely N-dealkylation sites (tertiary alicyclic amines) is 1. The molecular weight excluding hydrogens is 316 g/mol. The van der Waals surface area contributed by atoms with Gasteiger partial charge in [0.1, 0.15) is 0 Å². The highest BCUT2D eigenvalue weighted by Crippen LogP contribution is 2.39. The summed E-state index contributed by atoms with van der Waals surface area (Å²) in [6.07, 6.45) is 5.99. The summed E-state index contributed by atoms with van der Waals surface area (Å²) < 4.78 is 7.29. The highest BCUT2D eigenvalue weighted by Gasteiger charge is 2.34. The maximum absolute atomic E-state index is 12.8. The van der Waals surface area contributed by atoms with Crippen LogP contribution in [0.4, 0.5) is 0 Å². The Morgan fingerprint density at radius 1 is 1.40 bits per heavy atom. The second-order valence-electron chi connectivity index (χ2n) is 6.55. The number of hydrogen-bond acceptors (Lipinski definition) is 4. The van der Waals surface area contributed by atoms with Gasteiger partial charge in [-0.05, 0) is 44.7 Å². The number of rotatable bonds is 6. The standard InChI is InChI=1S/C19H26N4O2/c1-14-18(19(25-3)22(2)21-14)16-10-7-13-23(16)17(24)11-6-9-15-8-4-5-12-20-15/h4-5,8,12,16H,6-7,9-11,13H2,1-3H3/t16-/m0/s1. The molecule has 0 radical (unpaired) electrons. The second-order valence-corrected chi connectivity index (χ2v) is 6.55. The molecule has 1 fully saturated rings. The molecule has 134 valence electrons. The van der Waals surface area contributed by atoms with Gasteiger partial charge in [0.15, 0.2) is 0 Å². The molecule has 25 heavy (non-hydrogen) atoms. The number of methoxy groups -OCH3 is 1. The Labute approximate surface area is 148 Å². The van der Waals surface area contributed by atoms with Crippen molar-refractivity contribution in [1.82, 2.24) is 19.7 Å². The van der Waals surface area contributed by atoms with Crippen molar-refractivity contribution in [3.63, 3.8) is 0 Å². The van der Waals surface area contributed by atoms with Crippen LogP contribution in [0.25, 0.3) is 0 Å². The zero-order chi connectivity index (χ0) is 17.8. The molecule has 6 nitrogen and oxygen atoms in total. The first-order valence-electron chi connectivity index (χ1n) is 8.88. The van der Waals surface area contributed by atoms with Crippen LogP contribution in [-0.2, 0) is 18.3 Å². The number of aryl methyl sites for hydroxylation is 3. The van der Waals surface area contributed by atoms with E-state index in [1.807, 2.05) is 37.1 Å². The van der Waals surface area contributed by atoms with E-state index in [4.69, 9.17) is 4.74 Å². The van der Waals surface area contributed by atoms with Gasteiger partial charge in [0.25, 0.3) is 0 Å². The van der Waals surface area contributed by atoms with Gasteiger partial charge in [0, 0.05) is 31.9 Å². The fourth-order valence-electron chi connectivity index (χ4n) is 3.75. The van der Waals surface area contributed by atoms with Crippen molar-refractivity contribution in [3.8, 4) is 5.88 Å². The number of amides is 1. The molecule has 0 aliphatic carbocycles. The van der Waals surface area contributed by atoms with Crippen molar-refractivity contribution in [2.24, 2.45) is 7.05 Å². The first-order chi connectivity index (χ1) is 12.1. The lowest BCUT2D eigenvalue weighted by atomic mass is 10.0. The molecule has 0 bridgehead atoms. The minimum absolute atomic E-state index is 0.0750. The fourth-order valence-corrected chi connectivity index (χ4v) is 3.75. The first kappa shape index (κ1) is 17.5. The maximum Gasteiger partial charge on any atom is 0.223 e. The number of carbonyl (C=O) groups excluding carboxylic acids is 1. The Balaban J connectivity index is 1.66. The van der Waals surface area contributed by atoms with Gasteiger partial charge in [-0.25, -0.2) is 4.68 Å². The summed E-state index contributed by atoms with van der Waals surface area (Å²) in [4.78, 5) is 19.1. The van der Waals surface area contributed by atoms with Gasteiger partial charge in [-0.15, -0.1) is 0 Å². The minimum atomic E-state index is 0.0750. The molecule has 0 N–H and O–H groups in total. The average Bonchev–Trinajstić information content (AvgIpc) is 3.19. The highest BCUT2D eigenvalue weighted by molar-refractivity contribution is 5.77. The van der Waals surface area contributed by atoms with E-state index in [-0.39, 0.29) is 11.9 Å². The van der Waals surface area contributed by atoms with E-state index in [1.165, 1.54) is 0 Å². The van der Waals surface area contributed by atoms with Crippen molar-refractivity contribution >= 4 is 5.91 Å². The molecule has 1 aliphatic rings. The molecule has 0 aromatic carbocycles. The zero-order valence-corrected chi connectivity index (χ0v) is 15.2. The van der Waals surface area contributed by atoms with E-state index < -0.39 is 0 Å². The predicted octanol–water partition coefficient (Wildman–Crippen LogP) is 2.82. The summed E-state index contributed by atoms with van der Waals surface area (Å²) in [5.74, 6) is 0.972. The summed E-state index contributed by atoms with van der Waals surface area (Å²) in [5.41, 5.74) is 3.04. The topological polar surface area (TPSA) is 60.2 Å². The number of aromatic nitrogens is 3. The van der Waals surface area contributed by atoms with E-state index in [2.05, 4.69) is 10.1 Å². The average molecular weight is 342 g/mol. The number of carbonyl (C=O) groups is 1. The van der Waals surface area contributed by atoms with Gasteiger partial charge in [0.05, 0.1) is 24.4 Å². The SMILES string of the molecule is COc1c([C@@H]2CCCN2C(=O)CCCc2ccccn2)c(C)nn1C. The van der Waals surface area contributed by atoms with Crippen LogP contribution in [0.1, 0.15) is 48.7 Å². The second kappa shape index (κ2) is 7.68. The Morgan fingerprint density at radius 2 is 2.24 bits per heavy atom. The van der Waals surface area contributed by atoms with Crippen molar-refractivity contribution in [3.05, 3.63) is 41.3 Å². The lowest BCUT2D eigenvalue weighted by molar-refractivity contribution is -0.132. The summed E-state index contributed by atoms with van der Waals surface area (Å²) in [7, 11) is 3.54. The molecule has 6 heteroatoms. The van der Waals surface area contributed by atoms with Crippen molar-refractivity contribution < 1.29 is 9.53 Å². The molecule has 1 amide bonds. The van der Waals surface area contributed by atoms with Crippen LogP contribution in [-0.4, -0.2) is 39.2 Å². The summed E-state index contributed by atoms with van der Waals surface area (Å²) in [6, 6.07) is 5.98. The van der Waals surface area contributed by atoms with Gasteiger partial charge in [-0.1, -0.05) is 6.07 Å². The molecule has 2 aromatic rings. The summed E-state index contributed by atoms with van der Waals surface area (Å²) in [6.45, 7) is 2.80. The third-order valence-electron chi connectivity index (χ3n) is 4.86. The van der Waals surface area contributed by atoms with Gasteiger partial charge in [-0.3, -0.25) is 9.78 Å². The van der Waals surface area contributed by atoms with Crippen molar-refractivity contribution in [1.29, 1.82) is 0 Å². The molecule has 0 unspecified atom stereocenters. The number of pyridine rings is 1. The number of nitrogens with zero attached hydrogens (tertiary/aromatic N) is 4. The molecule has 3 rings (SSSR count). The fraction of sp³-hybridized carbons (Fsp3) is 0.526. The van der Waals surface area contributed by atoms with E-state index >= 15 is 0 Å². The molecular formula is C19H26N4O2. The lowest BCUT2D eigenvalue weighted by Crippen LogP contribution is -2.30. The van der Waals surface area contributed by atoms with Crippen LogP contribution in [0.5, 0.6) is 5.88 Å². The number of hydrogen-bond donors (Lipinski definition) is 0. The zero-order valence-electron chi connectivity index (χ0n) is 15.2. The van der Waals surface area contributed by atoms with Crippen LogP contribution in [0, 0.1) is 6.92 Å². The smallest absolute Gasteiger partial charge is 0.223 e. The number of ether oxygens (including phenoxy) is 1. The molecule has 0 spiro atoms. The predicted molar refractivity (Wildman–Crippen MR) is 95.4 cm³/mol. The first-order valence-corrected chi connectivity index (χ1v) is 8.88. The largest absolute Gasteiger partial charge is 0.481 e. The van der Waals surface area contributed by atoms with Crippen LogP contribution in [0.2, 0.25) is 0 Å². The molecule has 1 saturated heterocycles. The van der Waals surface area contributed by atoms with Crippen LogP contribution in [0.15, 0.2) is 24.4 Å². The molecule has 0 saturated carbocycles. The normalized spacial score (nSPS) is 17.1. The summed E-state index contributed by atoms with van der Waals surface area (Å²) >= 11 is 0. The monoisotopic (exact) mass is 342 g/mol. The Morgan fingerprint density at radius 3 is 2.96 bits per heavy atom. The molecule has 1 atom stereocenters. The third-order valence-corrected chi connectivity index (χ3v) is 4.86. The third kappa shape index (κ3) is 3.67. The Hall–Kier alpha value is -2.37. The van der Waals surface area contributed by atoms with E-state index in [0.717, 1.165) is 55.1 Å². The van der Waals surface area contributed by atoms with Crippen molar-refractivity contribution in [2.45, 2.75) is 45.1 Å². The quantitative estimate of drug-likeness (QED) is 0.810. The van der Waals surface area contributed by atoms with Crippen molar-refractivity contribution in [2.75, 3.05) is 13.7 Å². The van der Waals surface area contributed by atoms with E-state index in [1.54, 1.807) is 18.0 Å². The lowest BCUT2D eigenvalue weighted by Gasteiger charge is -2.25. The van der Waals surface area contributed by atoms with E-state index in [9.17, 15) is 4.79 Å².